The Morgan fingerprint density at radius 1 is 1.58 bits per heavy atom. The van der Waals surface area contributed by atoms with Crippen molar-refractivity contribution in [3.05, 3.63) is 23.9 Å². The topological polar surface area (TPSA) is 34.0 Å². The third-order valence-electron chi connectivity index (χ3n) is 1.33. The van der Waals surface area contributed by atoms with E-state index >= 15 is 0 Å². The van der Waals surface area contributed by atoms with Crippen molar-refractivity contribution in [1.29, 1.82) is 0 Å². The monoisotopic (exact) mass is 184 g/mol. The molecular formula is C8H9ClN2O. The Kier molecular flexibility index (Phi) is 3.05. The van der Waals surface area contributed by atoms with Crippen LogP contribution in [0.4, 0.5) is 0 Å². The molecule has 0 amide bonds. The van der Waals surface area contributed by atoms with E-state index in [1.165, 1.54) is 7.11 Å². The molecule has 4 heteroatoms. The number of dihydropyridines is 1. The van der Waals surface area contributed by atoms with Crippen LogP contribution in [0.1, 0.15) is 6.92 Å². The van der Waals surface area contributed by atoms with Gasteiger partial charge in [0.05, 0.1) is 5.70 Å². The highest BCUT2D eigenvalue weighted by Crippen LogP contribution is 2.10. The summed E-state index contributed by atoms with van der Waals surface area (Å²) in [5.41, 5.74) is 1.41. The van der Waals surface area contributed by atoms with Crippen molar-refractivity contribution in [2.45, 2.75) is 6.92 Å². The molecule has 0 aliphatic carbocycles. The fourth-order valence-corrected chi connectivity index (χ4v) is 0.985. The molecule has 0 aromatic carbocycles. The fourth-order valence-electron chi connectivity index (χ4n) is 0.831. The Morgan fingerprint density at radius 2 is 2.33 bits per heavy atom. The van der Waals surface area contributed by atoms with Gasteiger partial charge in [0.15, 0.2) is 0 Å². The van der Waals surface area contributed by atoms with Gasteiger partial charge in [-0.15, -0.1) is 0 Å². The maximum atomic E-state index is 5.68. The second-order valence-electron chi connectivity index (χ2n) is 2.10. The number of oxime groups is 1. The van der Waals surface area contributed by atoms with E-state index < -0.39 is 0 Å². The number of hydrogen-bond acceptors (Lipinski definition) is 3. The summed E-state index contributed by atoms with van der Waals surface area (Å²) in [6, 6.07) is 0. The smallest absolute Gasteiger partial charge is 0.129 e. The number of nitrogens with zero attached hydrogens (tertiary/aromatic N) is 2. The number of hydrogen-bond donors (Lipinski definition) is 0. The summed E-state index contributed by atoms with van der Waals surface area (Å²) in [5.74, 6) is 0. The molecule has 0 saturated carbocycles. The zero-order valence-electron chi connectivity index (χ0n) is 6.91. The van der Waals surface area contributed by atoms with Crippen LogP contribution in [-0.4, -0.2) is 18.0 Å². The second-order valence-corrected chi connectivity index (χ2v) is 2.49. The van der Waals surface area contributed by atoms with Gasteiger partial charge in [0.2, 0.25) is 0 Å². The second kappa shape index (κ2) is 4.07. The van der Waals surface area contributed by atoms with Crippen LogP contribution in [0, 0.1) is 0 Å². The van der Waals surface area contributed by atoms with Crippen molar-refractivity contribution in [1.82, 2.24) is 0 Å². The molecule has 3 nitrogen and oxygen atoms in total. The van der Waals surface area contributed by atoms with Gasteiger partial charge in [-0.25, -0.2) is 4.99 Å². The number of rotatable bonds is 1. The molecule has 0 aromatic heterocycles. The first kappa shape index (κ1) is 9.00. The Bertz CT molecular complexity index is 289. The molecule has 1 rings (SSSR count). The van der Waals surface area contributed by atoms with E-state index in [4.69, 9.17) is 11.6 Å². The zero-order valence-corrected chi connectivity index (χ0v) is 7.67. The lowest BCUT2D eigenvalue weighted by Gasteiger charge is -2.05. The van der Waals surface area contributed by atoms with E-state index in [1.807, 2.05) is 13.0 Å². The highest BCUT2D eigenvalue weighted by Gasteiger charge is 2.07. The van der Waals surface area contributed by atoms with Crippen LogP contribution < -0.4 is 0 Å². The molecule has 0 aromatic rings. The number of allylic oxidation sites excluding steroid dienone is 3. The lowest BCUT2D eigenvalue weighted by molar-refractivity contribution is 0.214. The van der Waals surface area contributed by atoms with Gasteiger partial charge in [0.1, 0.15) is 18.0 Å². The summed E-state index contributed by atoms with van der Waals surface area (Å²) in [5, 5.41) is 4.22. The fraction of sp³-hybridized carbons (Fsp3) is 0.250. The number of halogens is 1. The van der Waals surface area contributed by atoms with Gasteiger partial charge in [-0.1, -0.05) is 22.8 Å². The van der Waals surface area contributed by atoms with Crippen LogP contribution in [0.2, 0.25) is 0 Å². The normalized spacial score (nSPS) is 23.1. The summed E-state index contributed by atoms with van der Waals surface area (Å²) < 4.78 is 0. The molecule has 0 radical (unpaired) electrons. The maximum absolute atomic E-state index is 5.68. The Hall–Kier alpha value is -1.09. The van der Waals surface area contributed by atoms with E-state index in [0.29, 0.717) is 10.9 Å². The van der Waals surface area contributed by atoms with Gasteiger partial charge < -0.3 is 4.84 Å². The first-order valence-electron chi connectivity index (χ1n) is 3.48. The molecule has 0 spiro atoms. The van der Waals surface area contributed by atoms with Crippen LogP contribution in [0.5, 0.6) is 0 Å². The van der Waals surface area contributed by atoms with Crippen molar-refractivity contribution in [2.24, 2.45) is 10.1 Å². The first-order chi connectivity index (χ1) is 5.77. The lowest BCUT2D eigenvalue weighted by Crippen LogP contribution is -2.04. The summed E-state index contributed by atoms with van der Waals surface area (Å²) in [6.45, 7) is 1.87. The molecule has 1 aliphatic heterocycles. The largest absolute Gasteiger partial charge is 0.399 e. The van der Waals surface area contributed by atoms with Crippen LogP contribution in [0.25, 0.3) is 0 Å². The van der Waals surface area contributed by atoms with Crippen LogP contribution in [-0.2, 0) is 4.84 Å². The van der Waals surface area contributed by atoms with Crippen molar-refractivity contribution < 1.29 is 4.84 Å². The Labute approximate surface area is 76.1 Å². The SMILES string of the molecule is C/C=C1/N=C(Cl)C=C/C1=N/OC. The first-order valence-corrected chi connectivity index (χ1v) is 3.86. The molecule has 1 aliphatic rings. The van der Waals surface area contributed by atoms with E-state index in [2.05, 4.69) is 15.0 Å². The van der Waals surface area contributed by atoms with E-state index in [1.54, 1.807) is 12.2 Å². The predicted molar refractivity (Wildman–Crippen MR) is 50.6 cm³/mol. The minimum absolute atomic E-state index is 0.457. The minimum atomic E-state index is 0.457. The average Bonchev–Trinajstić information content (AvgIpc) is 2.08. The Balaban J connectivity index is 2.96. The van der Waals surface area contributed by atoms with Crippen molar-refractivity contribution in [2.75, 3.05) is 7.11 Å². The molecular weight excluding hydrogens is 176 g/mol. The molecule has 64 valence electrons. The van der Waals surface area contributed by atoms with Gasteiger partial charge in [0.25, 0.3) is 0 Å². The van der Waals surface area contributed by atoms with Crippen LogP contribution in [0.3, 0.4) is 0 Å². The third kappa shape index (κ3) is 1.95. The maximum Gasteiger partial charge on any atom is 0.129 e. The van der Waals surface area contributed by atoms with Gasteiger partial charge in [-0.3, -0.25) is 0 Å². The molecule has 0 saturated heterocycles. The molecule has 0 unspecified atom stereocenters. The summed E-state index contributed by atoms with van der Waals surface area (Å²) in [6.07, 6.45) is 5.25. The van der Waals surface area contributed by atoms with Crippen molar-refractivity contribution in [3.8, 4) is 0 Å². The molecule has 0 N–H and O–H groups in total. The highest BCUT2D eigenvalue weighted by atomic mass is 35.5. The number of aliphatic imine (C=N–C) groups is 1. The lowest BCUT2D eigenvalue weighted by atomic mass is 10.2. The molecule has 0 atom stereocenters. The molecule has 0 bridgehead atoms. The van der Waals surface area contributed by atoms with Gasteiger partial charge in [-0.2, -0.15) is 0 Å². The quantitative estimate of drug-likeness (QED) is 0.575. The predicted octanol–water partition coefficient (Wildman–Crippen LogP) is 2.10. The molecule has 1 heterocycles. The van der Waals surface area contributed by atoms with E-state index in [-0.39, 0.29) is 0 Å². The Morgan fingerprint density at radius 3 is 2.92 bits per heavy atom. The van der Waals surface area contributed by atoms with Crippen molar-refractivity contribution in [3.63, 3.8) is 0 Å². The van der Waals surface area contributed by atoms with E-state index in [9.17, 15) is 0 Å². The van der Waals surface area contributed by atoms with Crippen molar-refractivity contribution >= 4 is 22.5 Å². The summed E-state index contributed by atoms with van der Waals surface area (Å²) in [7, 11) is 1.49. The standard InChI is InChI=1S/C8H9ClN2O/c1-3-6-7(11-12-2)4-5-8(9)10-6/h3-5H,1-2H3/b6-3+,11-7-. The zero-order chi connectivity index (χ0) is 8.97. The third-order valence-corrected chi connectivity index (χ3v) is 1.54. The molecule has 0 fully saturated rings. The summed E-state index contributed by atoms with van der Waals surface area (Å²) in [4.78, 5) is 8.68. The summed E-state index contributed by atoms with van der Waals surface area (Å²) >= 11 is 5.68. The van der Waals surface area contributed by atoms with Crippen LogP contribution >= 0.6 is 11.6 Å². The highest BCUT2D eigenvalue weighted by molar-refractivity contribution is 6.69. The van der Waals surface area contributed by atoms with Gasteiger partial charge in [0, 0.05) is 0 Å². The van der Waals surface area contributed by atoms with Gasteiger partial charge in [-0.05, 0) is 19.1 Å². The minimum Gasteiger partial charge on any atom is -0.399 e. The van der Waals surface area contributed by atoms with Crippen LogP contribution in [0.15, 0.2) is 34.1 Å². The van der Waals surface area contributed by atoms with E-state index in [0.717, 1.165) is 5.70 Å². The molecule has 12 heavy (non-hydrogen) atoms. The van der Waals surface area contributed by atoms with Gasteiger partial charge >= 0.3 is 0 Å². The average molecular weight is 185 g/mol.